The number of ether oxygens (including phenoxy) is 1. The fraction of sp³-hybridized carbons (Fsp3) is 0.143. The van der Waals surface area contributed by atoms with Crippen LogP contribution in [0.15, 0.2) is 41.0 Å². The highest BCUT2D eigenvalue weighted by Gasteiger charge is 2.20. The van der Waals surface area contributed by atoms with Crippen LogP contribution in [0.3, 0.4) is 0 Å². The van der Waals surface area contributed by atoms with Gasteiger partial charge in [-0.2, -0.15) is 0 Å². The lowest BCUT2D eigenvalue weighted by Crippen LogP contribution is -2.30. The molecule has 1 heterocycles. The zero-order valence-corrected chi connectivity index (χ0v) is 13.5. The third-order valence-electron chi connectivity index (χ3n) is 2.85. The van der Waals surface area contributed by atoms with Crippen molar-refractivity contribution >= 4 is 39.2 Å². The summed E-state index contributed by atoms with van der Waals surface area (Å²) in [6, 6.07) is 6.99. The maximum absolute atomic E-state index is 12.0. The van der Waals surface area contributed by atoms with Gasteiger partial charge >= 0.3 is 5.97 Å². The van der Waals surface area contributed by atoms with Crippen molar-refractivity contribution in [3.8, 4) is 0 Å². The van der Waals surface area contributed by atoms with E-state index in [1.165, 1.54) is 37.3 Å². The zero-order chi connectivity index (χ0) is 17.0. The van der Waals surface area contributed by atoms with Crippen LogP contribution in [0.4, 0.5) is 11.4 Å². The third-order valence-corrected chi connectivity index (χ3v) is 3.30. The number of hydrogen-bond donors (Lipinski definition) is 2. The van der Waals surface area contributed by atoms with Gasteiger partial charge in [0.05, 0.1) is 4.92 Å². The van der Waals surface area contributed by atoms with Crippen molar-refractivity contribution in [2.75, 3.05) is 5.32 Å². The van der Waals surface area contributed by atoms with Crippen LogP contribution >= 0.6 is 15.9 Å². The number of aromatic nitrogens is 1. The average Bonchev–Trinajstić information content (AvgIpc) is 2.94. The number of nitrogens with one attached hydrogen (secondary N) is 2. The average molecular weight is 382 g/mol. The molecule has 1 aromatic heterocycles. The topological polar surface area (TPSA) is 114 Å². The van der Waals surface area contributed by atoms with E-state index in [-0.39, 0.29) is 17.1 Å². The van der Waals surface area contributed by atoms with Crippen LogP contribution in [0.25, 0.3) is 0 Å². The van der Waals surface area contributed by atoms with Crippen LogP contribution in [-0.4, -0.2) is 27.9 Å². The van der Waals surface area contributed by atoms with Crippen LogP contribution in [0.1, 0.15) is 17.4 Å². The van der Waals surface area contributed by atoms with E-state index >= 15 is 0 Å². The van der Waals surface area contributed by atoms with E-state index in [2.05, 4.69) is 26.2 Å². The summed E-state index contributed by atoms with van der Waals surface area (Å²) in [5, 5.41) is 13.2. The van der Waals surface area contributed by atoms with Crippen molar-refractivity contribution < 1.29 is 19.2 Å². The lowest BCUT2D eigenvalue weighted by Gasteiger charge is -2.12. The Morgan fingerprint density at radius 1 is 1.39 bits per heavy atom. The molecular weight excluding hydrogens is 370 g/mol. The third kappa shape index (κ3) is 4.39. The number of aromatic amines is 1. The molecule has 1 amide bonds. The molecule has 0 fully saturated rings. The van der Waals surface area contributed by atoms with Gasteiger partial charge in [0.1, 0.15) is 5.69 Å². The number of anilines is 1. The Labute approximate surface area is 139 Å². The van der Waals surface area contributed by atoms with Crippen molar-refractivity contribution in [1.82, 2.24) is 4.98 Å². The first-order chi connectivity index (χ1) is 10.9. The molecule has 0 aliphatic carbocycles. The Hall–Kier alpha value is -2.68. The Morgan fingerprint density at radius 2 is 2.13 bits per heavy atom. The number of amides is 1. The number of rotatable bonds is 5. The smallest absolute Gasteiger partial charge is 0.355 e. The van der Waals surface area contributed by atoms with Gasteiger partial charge in [-0.15, -0.1) is 0 Å². The first-order valence-corrected chi connectivity index (χ1v) is 7.26. The Bertz CT molecular complexity index is 758. The largest absolute Gasteiger partial charge is 0.448 e. The van der Waals surface area contributed by atoms with E-state index in [9.17, 15) is 19.7 Å². The van der Waals surface area contributed by atoms with Crippen LogP contribution in [0, 0.1) is 10.1 Å². The molecule has 8 nitrogen and oxygen atoms in total. The highest BCUT2D eigenvalue weighted by atomic mass is 79.9. The summed E-state index contributed by atoms with van der Waals surface area (Å²) in [6.07, 6.45) is 0.494. The number of halogens is 1. The molecule has 0 saturated carbocycles. The number of benzene rings is 1. The molecule has 0 aliphatic rings. The minimum Gasteiger partial charge on any atom is -0.448 e. The van der Waals surface area contributed by atoms with Crippen molar-refractivity contribution in [3.05, 3.63) is 56.8 Å². The van der Waals surface area contributed by atoms with Gasteiger partial charge in [-0.25, -0.2) is 4.79 Å². The van der Waals surface area contributed by atoms with Crippen LogP contribution in [0.2, 0.25) is 0 Å². The number of hydrogen-bond acceptors (Lipinski definition) is 5. The minimum atomic E-state index is -1.07. The lowest BCUT2D eigenvalue weighted by atomic mass is 10.2. The summed E-state index contributed by atoms with van der Waals surface area (Å²) in [4.78, 5) is 36.6. The molecule has 0 bridgehead atoms. The standard InChI is InChI=1S/C14H12BrN3O5/c1-8(23-14(20)12-5-9(15)7-16-12)13(19)17-10-3-2-4-11(6-10)18(21)22/h2-8,16H,1H3,(H,17,19). The number of nitro benzene ring substituents is 1. The minimum absolute atomic E-state index is 0.149. The first-order valence-electron chi connectivity index (χ1n) is 6.47. The molecule has 1 aromatic carbocycles. The summed E-state index contributed by atoms with van der Waals surface area (Å²) >= 11 is 3.18. The number of H-pyrrole nitrogens is 1. The van der Waals surface area contributed by atoms with E-state index in [4.69, 9.17) is 4.74 Å². The highest BCUT2D eigenvalue weighted by molar-refractivity contribution is 9.10. The van der Waals surface area contributed by atoms with Crippen LogP contribution in [-0.2, 0) is 9.53 Å². The monoisotopic (exact) mass is 381 g/mol. The Kier molecular flexibility index (Phi) is 5.12. The number of carbonyl (C=O) groups is 2. The fourth-order valence-corrected chi connectivity index (χ4v) is 2.05. The van der Waals surface area contributed by atoms with Crippen molar-refractivity contribution in [1.29, 1.82) is 0 Å². The predicted molar refractivity (Wildman–Crippen MR) is 85.1 cm³/mol. The summed E-state index contributed by atoms with van der Waals surface area (Å²) < 4.78 is 5.70. The zero-order valence-electron chi connectivity index (χ0n) is 11.9. The quantitative estimate of drug-likeness (QED) is 0.469. The van der Waals surface area contributed by atoms with Gasteiger partial charge < -0.3 is 15.0 Å². The summed E-state index contributed by atoms with van der Waals surface area (Å²) in [5.74, 6) is -1.28. The normalized spacial score (nSPS) is 11.6. The molecule has 120 valence electrons. The second-order valence-electron chi connectivity index (χ2n) is 4.58. The van der Waals surface area contributed by atoms with Gasteiger partial charge in [0.25, 0.3) is 11.6 Å². The Morgan fingerprint density at radius 3 is 2.74 bits per heavy atom. The van der Waals surface area contributed by atoms with Crippen molar-refractivity contribution in [2.45, 2.75) is 13.0 Å². The molecule has 0 saturated heterocycles. The van der Waals surface area contributed by atoms with Gasteiger partial charge in [-0.3, -0.25) is 14.9 Å². The number of nitro groups is 1. The molecule has 0 spiro atoms. The Balaban J connectivity index is 1.98. The lowest BCUT2D eigenvalue weighted by molar-refractivity contribution is -0.384. The first kappa shape index (κ1) is 16.7. The summed E-state index contributed by atoms with van der Waals surface area (Å²) in [6.45, 7) is 1.41. The second-order valence-corrected chi connectivity index (χ2v) is 5.49. The van der Waals surface area contributed by atoms with Crippen molar-refractivity contribution in [3.63, 3.8) is 0 Å². The molecule has 1 atom stereocenters. The number of nitrogens with zero attached hydrogens (tertiary/aromatic N) is 1. The van der Waals surface area contributed by atoms with Gasteiger partial charge in [0.15, 0.2) is 6.10 Å². The van der Waals surface area contributed by atoms with Crippen LogP contribution in [0.5, 0.6) is 0 Å². The SMILES string of the molecule is CC(OC(=O)c1cc(Br)c[nH]1)C(=O)Nc1cccc([N+](=O)[O-])c1. The predicted octanol–water partition coefficient (Wildman–Crippen LogP) is 2.87. The maximum Gasteiger partial charge on any atom is 0.355 e. The molecular formula is C14H12BrN3O5. The molecule has 23 heavy (non-hydrogen) atoms. The molecule has 0 aliphatic heterocycles. The van der Waals surface area contributed by atoms with Crippen molar-refractivity contribution in [2.24, 2.45) is 0 Å². The number of esters is 1. The van der Waals surface area contributed by atoms with Gasteiger partial charge in [0.2, 0.25) is 0 Å². The van der Waals surface area contributed by atoms with E-state index in [1.807, 2.05) is 0 Å². The summed E-state index contributed by atoms with van der Waals surface area (Å²) in [5.41, 5.74) is 0.297. The fourth-order valence-electron chi connectivity index (χ4n) is 1.70. The molecule has 0 radical (unpaired) electrons. The number of non-ortho nitro benzene ring substituents is 1. The second kappa shape index (κ2) is 7.05. The molecule has 2 aromatic rings. The van der Waals surface area contributed by atoms with E-state index < -0.39 is 22.9 Å². The molecule has 1 unspecified atom stereocenters. The highest BCUT2D eigenvalue weighted by Crippen LogP contribution is 2.17. The number of carbonyl (C=O) groups excluding carboxylic acids is 2. The van der Waals surface area contributed by atoms with E-state index in [0.717, 1.165) is 0 Å². The molecule has 2 rings (SSSR count). The molecule has 9 heteroatoms. The van der Waals surface area contributed by atoms with E-state index in [1.54, 1.807) is 6.20 Å². The molecule has 2 N–H and O–H groups in total. The van der Waals surface area contributed by atoms with Crippen LogP contribution < -0.4 is 5.32 Å². The maximum atomic E-state index is 12.0. The van der Waals surface area contributed by atoms with Gasteiger partial charge in [-0.1, -0.05) is 6.07 Å². The van der Waals surface area contributed by atoms with Gasteiger partial charge in [0, 0.05) is 28.5 Å². The summed E-state index contributed by atoms with van der Waals surface area (Å²) in [7, 11) is 0. The van der Waals surface area contributed by atoms with Gasteiger partial charge in [-0.05, 0) is 35.0 Å². The van der Waals surface area contributed by atoms with E-state index in [0.29, 0.717) is 4.47 Å².